The number of nitrogens with zero attached hydrogens (tertiary/aromatic N) is 1. The number of benzene rings is 2. The molecule has 0 bridgehead atoms. The van der Waals surface area contributed by atoms with Gasteiger partial charge < -0.3 is 24.1 Å². The molecule has 30 heavy (non-hydrogen) atoms. The number of ether oxygens (including phenoxy) is 3. The highest BCUT2D eigenvalue weighted by molar-refractivity contribution is 5.86. The molecule has 0 radical (unpaired) electrons. The summed E-state index contributed by atoms with van der Waals surface area (Å²) in [5, 5.41) is 3.62. The molecular formula is C23H26N2O5. The molecule has 0 aliphatic heterocycles. The molecule has 0 spiro atoms. The van der Waals surface area contributed by atoms with Crippen LogP contribution >= 0.6 is 0 Å². The lowest BCUT2D eigenvalue weighted by Gasteiger charge is -2.12. The topological polar surface area (TPSA) is 78.8 Å². The molecule has 1 amide bonds. The summed E-state index contributed by atoms with van der Waals surface area (Å²) in [5.74, 6) is 1.52. The number of pyridine rings is 1. The Bertz CT molecular complexity index is 1090. The van der Waals surface area contributed by atoms with Crippen molar-refractivity contribution in [2.75, 3.05) is 26.9 Å². The zero-order valence-corrected chi connectivity index (χ0v) is 17.4. The minimum absolute atomic E-state index is 0.163. The molecule has 0 aliphatic carbocycles. The van der Waals surface area contributed by atoms with Gasteiger partial charge in [0.25, 0.3) is 11.5 Å². The van der Waals surface area contributed by atoms with E-state index in [0.717, 1.165) is 16.5 Å². The van der Waals surface area contributed by atoms with Crippen molar-refractivity contribution in [1.82, 2.24) is 9.88 Å². The number of para-hydroxylation sites is 1. The largest absolute Gasteiger partial charge is 0.493 e. The number of rotatable bonds is 9. The van der Waals surface area contributed by atoms with Gasteiger partial charge in [0.1, 0.15) is 5.75 Å². The van der Waals surface area contributed by atoms with Gasteiger partial charge in [0.2, 0.25) is 0 Å². The van der Waals surface area contributed by atoms with Crippen molar-refractivity contribution in [2.45, 2.75) is 13.3 Å². The number of fused-ring (bicyclic) bond motifs is 1. The van der Waals surface area contributed by atoms with E-state index < -0.39 is 0 Å². The maximum Gasteiger partial charge on any atom is 0.257 e. The van der Waals surface area contributed by atoms with Crippen LogP contribution in [-0.2, 0) is 18.3 Å². The van der Waals surface area contributed by atoms with Crippen LogP contribution in [0.5, 0.6) is 17.2 Å². The monoisotopic (exact) mass is 410 g/mol. The van der Waals surface area contributed by atoms with Gasteiger partial charge in [0.15, 0.2) is 18.1 Å². The second-order valence-electron chi connectivity index (χ2n) is 6.73. The van der Waals surface area contributed by atoms with Crippen molar-refractivity contribution in [1.29, 1.82) is 0 Å². The van der Waals surface area contributed by atoms with Crippen molar-refractivity contribution in [3.63, 3.8) is 0 Å². The van der Waals surface area contributed by atoms with Gasteiger partial charge in [-0.15, -0.1) is 0 Å². The molecule has 0 aliphatic rings. The van der Waals surface area contributed by atoms with E-state index in [4.69, 9.17) is 14.2 Å². The molecule has 7 heteroatoms. The molecule has 158 valence electrons. The van der Waals surface area contributed by atoms with Crippen LogP contribution in [0, 0.1) is 0 Å². The second-order valence-corrected chi connectivity index (χ2v) is 6.73. The first-order valence-corrected chi connectivity index (χ1v) is 9.81. The molecule has 0 fully saturated rings. The van der Waals surface area contributed by atoms with Crippen LogP contribution in [0.2, 0.25) is 0 Å². The van der Waals surface area contributed by atoms with Gasteiger partial charge in [-0.3, -0.25) is 9.59 Å². The maximum absolute atomic E-state index is 12.2. The third-order valence-corrected chi connectivity index (χ3v) is 4.74. The van der Waals surface area contributed by atoms with E-state index in [1.165, 1.54) is 6.07 Å². The Morgan fingerprint density at radius 2 is 1.83 bits per heavy atom. The van der Waals surface area contributed by atoms with Crippen LogP contribution < -0.4 is 25.1 Å². The minimum Gasteiger partial charge on any atom is -0.493 e. The van der Waals surface area contributed by atoms with Crippen molar-refractivity contribution in [3.8, 4) is 17.2 Å². The van der Waals surface area contributed by atoms with E-state index in [9.17, 15) is 9.59 Å². The summed E-state index contributed by atoms with van der Waals surface area (Å²) in [7, 11) is 3.31. The lowest BCUT2D eigenvalue weighted by Crippen LogP contribution is -2.31. The maximum atomic E-state index is 12.2. The number of carbonyl (C=O) groups excluding carboxylic acids is 1. The summed E-state index contributed by atoms with van der Waals surface area (Å²) in [4.78, 5) is 24.3. The Morgan fingerprint density at radius 3 is 2.60 bits per heavy atom. The lowest BCUT2D eigenvalue weighted by atomic mass is 10.1. The first-order chi connectivity index (χ1) is 14.5. The predicted molar refractivity (Wildman–Crippen MR) is 116 cm³/mol. The zero-order chi connectivity index (χ0) is 21.5. The van der Waals surface area contributed by atoms with E-state index in [1.807, 2.05) is 49.4 Å². The van der Waals surface area contributed by atoms with Gasteiger partial charge in [0, 0.05) is 25.0 Å². The fourth-order valence-electron chi connectivity index (χ4n) is 3.18. The third-order valence-electron chi connectivity index (χ3n) is 4.74. The fraction of sp³-hybridized carbons (Fsp3) is 0.304. The van der Waals surface area contributed by atoms with E-state index in [2.05, 4.69) is 5.32 Å². The summed E-state index contributed by atoms with van der Waals surface area (Å²) in [5.41, 5.74) is 1.59. The van der Waals surface area contributed by atoms with Gasteiger partial charge in [0.05, 0.1) is 19.2 Å². The van der Waals surface area contributed by atoms with E-state index in [1.54, 1.807) is 18.7 Å². The molecule has 0 unspecified atom stereocenters. The molecule has 0 saturated heterocycles. The number of aryl methyl sites for hydroxylation is 1. The first kappa shape index (κ1) is 21.2. The quantitative estimate of drug-likeness (QED) is 0.587. The van der Waals surface area contributed by atoms with Gasteiger partial charge >= 0.3 is 0 Å². The Labute approximate surface area is 175 Å². The molecule has 1 N–H and O–H groups in total. The Balaban J connectivity index is 1.56. The van der Waals surface area contributed by atoms with Crippen molar-refractivity contribution in [2.24, 2.45) is 7.05 Å². The number of hydrogen-bond donors (Lipinski definition) is 1. The number of amides is 1. The Hall–Kier alpha value is -3.48. The van der Waals surface area contributed by atoms with E-state index >= 15 is 0 Å². The SMILES string of the molecule is CCOc1cc(CCNC(=O)COc2cc(=O)n(C)c3ccccc23)ccc1OC. The Morgan fingerprint density at radius 1 is 1.03 bits per heavy atom. The molecule has 2 aromatic carbocycles. The van der Waals surface area contributed by atoms with Crippen molar-refractivity contribution >= 4 is 16.8 Å². The van der Waals surface area contributed by atoms with Gasteiger partial charge in [-0.2, -0.15) is 0 Å². The number of methoxy groups -OCH3 is 1. The predicted octanol–water partition coefficient (Wildman–Crippen LogP) is 2.68. The van der Waals surface area contributed by atoms with Crippen LogP contribution in [0.3, 0.4) is 0 Å². The second kappa shape index (κ2) is 9.82. The molecule has 0 atom stereocenters. The molecule has 1 aromatic heterocycles. The zero-order valence-electron chi connectivity index (χ0n) is 17.4. The molecular weight excluding hydrogens is 384 g/mol. The number of nitrogens with one attached hydrogen (secondary N) is 1. The summed E-state index contributed by atoms with van der Waals surface area (Å²) < 4.78 is 18.0. The van der Waals surface area contributed by atoms with E-state index in [0.29, 0.717) is 36.8 Å². The third kappa shape index (κ3) is 4.92. The first-order valence-electron chi connectivity index (χ1n) is 9.81. The average Bonchev–Trinajstić information content (AvgIpc) is 2.76. The molecule has 0 saturated carbocycles. The highest BCUT2D eigenvalue weighted by Crippen LogP contribution is 2.28. The molecule has 3 aromatic rings. The number of hydrogen-bond acceptors (Lipinski definition) is 5. The summed E-state index contributed by atoms with van der Waals surface area (Å²) in [6.45, 7) is 2.75. The molecule has 1 heterocycles. The number of carbonyl (C=O) groups is 1. The minimum atomic E-state index is -0.252. The summed E-state index contributed by atoms with van der Waals surface area (Å²) in [6, 6.07) is 14.5. The highest BCUT2D eigenvalue weighted by atomic mass is 16.5. The number of aromatic nitrogens is 1. The smallest absolute Gasteiger partial charge is 0.257 e. The van der Waals surface area contributed by atoms with Gasteiger partial charge in [-0.25, -0.2) is 0 Å². The van der Waals surface area contributed by atoms with Crippen LogP contribution in [0.1, 0.15) is 12.5 Å². The molecule has 7 nitrogen and oxygen atoms in total. The van der Waals surface area contributed by atoms with Crippen molar-refractivity contribution in [3.05, 3.63) is 64.4 Å². The lowest BCUT2D eigenvalue weighted by molar-refractivity contribution is -0.123. The highest BCUT2D eigenvalue weighted by Gasteiger charge is 2.10. The Kier molecular flexibility index (Phi) is 6.95. The van der Waals surface area contributed by atoms with Gasteiger partial charge in [-0.1, -0.05) is 18.2 Å². The summed E-state index contributed by atoms with van der Waals surface area (Å²) in [6.07, 6.45) is 0.643. The van der Waals surface area contributed by atoms with Crippen molar-refractivity contribution < 1.29 is 19.0 Å². The van der Waals surface area contributed by atoms with E-state index in [-0.39, 0.29) is 18.1 Å². The normalized spacial score (nSPS) is 10.6. The van der Waals surface area contributed by atoms with Crippen LogP contribution in [0.4, 0.5) is 0 Å². The fourth-order valence-corrected chi connectivity index (χ4v) is 3.18. The standard InChI is InChI=1S/C23H26N2O5/c1-4-29-21-13-16(9-10-19(21)28-3)11-12-24-22(26)15-30-20-14-23(27)25(2)18-8-6-5-7-17(18)20/h5-10,13-14H,4,11-12,15H2,1-3H3,(H,24,26). The van der Waals surface area contributed by atoms with Gasteiger partial charge in [-0.05, 0) is 43.2 Å². The average molecular weight is 410 g/mol. The van der Waals surface area contributed by atoms with Crippen LogP contribution in [-0.4, -0.2) is 37.3 Å². The molecule has 3 rings (SSSR count). The van der Waals surface area contributed by atoms with Crippen LogP contribution in [0.15, 0.2) is 53.3 Å². The summed E-state index contributed by atoms with van der Waals surface area (Å²) >= 11 is 0. The van der Waals surface area contributed by atoms with Crippen LogP contribution in [0.25, 0.3) is 10.9 Å².